The van der Waals surface area contributed by atoms with Crippen LogP contribution in [0.4, 0.5) is 0 Å². The highest BCUT2D eigenvalue weighted by Crippen LogP contribution is 2.09. The summed E-state index contributed by atoms with van der Waals surface area (Å²) in [7, 11) is 0. The molecule has 0 saturated heterocycles. The van der Waals surface area contributed by atoms with Crippen LogP contribution in [0.15, 0.2) is 24.3 Å². The minimum atomic E-state index is -1.19. The summed E-state index contributed by atoms with van der Waals surface area (Å²) in [5.74, 6) is -2.89. The topological polar surface area (TPSA) is 101 Å². The maximum atomic E-state index is 11.4. The minimum absolute atomic E-state index is 0.247. The molecular formula is C9H8ClN3O3. The van der Waals surface area contributed by atoms with Gasteiger partial charge in [0.1, 0.15) is 0 Å². The lowest BCUT2D eigenvalue weighted by Gasteiger charge is -2.05. The first-order chi connectivity index (χ1) is 7.50. The lowest BCUT2D eigenvalue weighted by atomic mass is 10.2. The second-order valence-electron chi connectivity index (χ2n) is 2.78. The van der Waals surface area contributed by atoms with Crippen LogP contribution < -0.4 is 16.6 Å². The van der Waals surface area contributed by atoms with Crippen molar-refractivity contribution in [3.05, 3.63) is 34.9 Å². The van der Waals surface area contributed by atoms with E-state index in [0.717, 1.165) is 0 Å². The molecule has 0 aliphatic carbocycles. The van der Waals surface area contributed by atoms with Crippen LogP contribution in [0.1, 0.15) is 10.4 Å². The molecule has 0 heterocycles. The fourth-order valence-electron chi connectivity index (χ4n) is 0.877. The molecule has 1 aromatic carbocycles. The van der Waals surface area contributed by atoms with Gasteiger partial charge in [-0.2, -0.15) is 0 Å². The molecule has 0 aliphatic heterocycles. The van der Waals surface area contributed by atoms with Crippen molar-refractivity contribution in [1.82, 2.24) is 10.9 Å². The predicted octanol–water partition coefficient (Wildman–Crippen LogP) is -0.414. The average Bonchev–Trinajstić information content (AvgIpc) is 2.25. The molecule has 0 aromatic heterocycles. The smallest absolute Gasteiger partial charge is 0.327 e. The molecule has 0 aliphatic rings. The van der Waals surface area contributed by atoms with Crippen molar-refractivity contribution in [1.29, 1.82) is 0 Å². The fourth-order valence-corrected chi connectivity index (χ4v) is 1.07. The molecule has 6 nitrogen and oxygen atoms in total. The number of amides is 3. The number of rotatable bonds is 1. The zero-order valence-corrected chi connectivity index (χ0v) is 8.75. The molecule has 0 unspecified atom stereocenters. The lowest BCUT2D eigenvalue weighted by Crippen LogP contribution is -2.47. The summed E-state index contributed by atoms with van der Waals surface area (Å²) in [5, 5.41) is 0.383. The van der Waals surface area contributed by atoms with E-state index in [2.05, 4.69) is 5.73 Å². The molecule has 1 rings (SSSR count). The van der Waals surface area contributed by atoms with Gasteiger partial charge in [-0.1, -0.05) is 17.7 Å². The van der Waals surface area contributed by atoms with Crippen molar-refractivity contribution in [2.45, 2.75) is 0 Å². The Morgan fingerprint density at radius 2 is 1.88 bits per heavy atom. The van der Waals surface area contributed by atoms with Crippen molar-refractivity contribution in [3.63, 3.8) is 0 Å². The molecular weight excluding hydrogens is 234 g/mol. The summed E-state index contributed by atoms with van der Waals surface area (Å²) in [6.45, 7) is 0. The molecule has 0 fully saturated rings. The van der Waals surface area contributed by atoms with Gasteiger partial charge in [-0.25, -0.2) is 0 Å². The summed E-state index contributed by atoms with van der Waals surface area (Å²) in [6, 6.07) is 6.08. The van der Waals surface area contributed by atoms with E-state index in [4.69, 9.17) is 11.6 Å². The number of benzene rings is 1. The molecule has 3 amide bonds. The highest BCUT2D eigenvalue weighted by atomic mass is 35.5. The van der Waals surface area contributed by atoms with E-state index in [0.29, 0.717) is 5.02 Å². The van der Waals surface area contributed by atoms with Crippen LogP contribution in [0, 0.1) is 0 Å². The number of nitrogens with two attached hydrogens (primary N) is 1. The van der Waals surface area contributed by atoms with Gasteiger partial charge in [-0.05, 0) is 18.2 Å². The highest BCUT2D eigenvalue weighted by Gasteiger charge is 2.10. The highest BCUT2D eigenvalue weighted by molar-refractivity contribution is 6.34. The number of nitrogens with one attached hydrogen (secondary N) is 2. The van der Waals surface area contributed by atoms with Crippen LogP contribution in [0.5, 0.6) is 0 Å². The van der Waals surface area contributed by atoms with Crippen LogP contribution >= 0.6 is 11.6 Å². The van der Waals surface area contributed by atoms with Crippen molar-refractivity contribution in [2.24, 2.45) is 5.73 Å². The molecule has 1 aromatic rings. The van der Waals surface area contributed by atoms with Crippen molar-refractivity contribution in [3.8, 4) is 0 Å². The van der Waals surface area contributed by atoms with E-state index in [9.17, 15) is 14.4 Å². The first-order valence-electron chi connectivity index (χ1n) is 4.16. The van der Waals surface area contributed by atoms with E-state index in [1.165, 1.54) is 12.1 Å². The molecule has 84 valence electrons. The molecule has 0 spiro atoms. The Balaban J connectivity index is 2.60. The third-order valence-electron chi connectivity index (χ3n) is 1.60. The van der Waals surface area contributed by atoms with Gasteiger partial charge in [0, 0.05) is 10.6 Å². The molecule has 0 bridgehead atoms. The maximum absolute atomic E-state index is 11.4. The van der Waals surface area contributed by atoms with E-state index in [-0.39, 0.29) is 5.56 Å². The summed E-state index contributed by atoms with van der Waals surface area (Å²) in [5.41, 5.74) is 8.76. The quantitative estimate of drug-likeness (QED) is 0.460. The number of hydrogen-bond acceptors (Lipinski definition) is 3. The second kappa shape index (κ2) is 5.13. The van der Waals surface area contributed by atoms with Crippen molar-refractivity contribution < 1.29 is 14.4 Å². The second-order valence-corrected chi connectivity index (χ2v) is 3.22. The number of halogens is 1. The standard InChI is InChI=1S/C9H8ClN3O3/c10-6-3-1-2-5(4-6)8(15)12-13-9(16)7(11)14/h1-4H,(H2,11,14)(H,12,15)(H,13,16). The molecule has 0 radical (unpaired) electrons. The zero-order chi connectivity index (χ0) is 12.1. The largest absolute Gasteiger partial charge is 0.361 e. The summed E-state index contributed by atoms with van der Waals surface area (Å²) < 4.78 is 0. The summed E-state index contributed by atoms with van der Waals surface area (Å²) in [4.78, 5) is 32.4. The number of primary amides is 1. The number of carbonyl (C=O) groups is 3. The Morgan fingerprint density at radius 1 is 1.19 bits per heavy atom. The fraction of sp³-hybridized carbons (Fsp3) is 0. The monoisotopic (exact) mass is 241 g/mol. The van der Waals surface area contributed by atoms with E-state index in [1.807, 2.05) is 10.9 Å². The first-order valence-corrected chi connectivity index (χ1v) is 4.54. The third-order valence-corrected chi connectivity index (χ3v) is 1.84. The zero-order valence-electron chi connectivity index (χ0n) is 7.99. The lowest BCUT2D eigenvalue weighted by molar-refractivity contribution is -0.137. The number of hydrazine groups is 1. The molecule has 7 heteroatoms. The minimum Gasteiger partial charge on any atom is -0.361 e. The Labute approximate surface area is 95.7 Å². The normalized spacial score (nSPS) is 9.31. The summed E-state index contributed by atoms with van der Waals surface area (Å²) >= 11 is 5.66. The van der Waals surface area contributed by atoms with Gasteiger partial charge in [0.25, 0.3) is 5.91 Å². The van der Waals surface area contributed by atoms with Gasteiger partial charge < -0.3 is 5.73 Å². The average molecular weight is 242 g/mol. The van der Waals surface area contributed by atoms with Crippen LogP contribution in [-0.4, -0.2) is 17.7 Å². The third kappa shape index (κ3) is 3.25. The number of hydrogen-bond donors (Lipinski definition) is 3. The predicted molar refractivity (Wildman–Crippen MR) is 56.3 cm³/mol. The van der Waals surface area contributed by atoms with Gasteiger partial charge in [0.05, 0.1) is 0 Å². The van der Waals surface area contributed by atoms with Crippen LogP contribution in [0.2, 0.25) is 5.02 Å². The van der Waals surface area contributed by atoms with Gasteiger partial charge in [-0.15, -0.1) is 0 Å². The SMILES string of the molecule is NC(=O)C(=O)NNC(=O)c1cccc(Cl)c1. The Morgan fingerprint density at radius 3 is 2.44 bits per heavy atom. The maximum Gasteiger partial charge on any atom is 0.327 e. The molecule has 0 atom stereocenters. The van der Waals surface area contributed by atoms with E-state index >= 15 is 0 Å². The van der Waals surface area contributed by atoms with Crippen LogP contribution in [0.25, 0.3) is 0 Å². The van der Waals surface area contributed by atoms with Crippen molar-refractivity contribution in [2.75, 3.05) is 0 Å². The van der Waals surface area contributed by atoms with Crippen molar-refractivity contribution >= 4 is 29.3 Å². The van der Waals surface area contributed by atoms with Gasteiger partial charge in [0.2, 0.25) is 0 Å². The molecule has 4 N–H and O–H groups in total. The molecule has 0 saturated carbocycles. The van der Waals surface area contributed by atoms with E-state index < -0.39 is 17.7 Å². The van der Waals surface area contributed by atoms with E-state index in [1.54, 1.807) is 12.1 Å². The Bertz CT molecular complexity index is 447. The first kappa shape index (κ1) is 12.0. The Hall–Kier alpha value is -2.08. The van der Waals surface area contributed by atoms with Gasteiger partial charge in [0.15, 0.2) is 0 Å². The van der Waals surface area contributed by atoms with Crippen LogP contribution in [0.3, 0.4) is 0 Å². The van der Waals surface area contributed by atoms with Crippen LogP contribution in [-0.2, 0) is 9.59 Å². The summed E-state index contributed by atoms with van der Waals surface area (Å²) in [6.07, 6.45) is 0. The van der Waals surface area contributed by atoms with Gasteiger partial charge in [-0.3, -0.25) is 25.2 Å². The number of carbonyl (C=O) groups excluding carboxylic acids is 3. The molecule has 16 heavy (non-hydrogen) atoms. The van der Waals surface area contributed by atoms with Gasteiger partial charge >= 0.3 is 11.8 Å². The Kier molecular flexibility index (Phi) is 3.84.